The van der Waals surface area contributed by atoms with E-state index in [0.717, 1.165) is 47.4 Å². The summed E-state index contributed by atoms with van der Waals surface area (Å²) in [5, 5.41) is 24.9. The molecule has 0 radical (unpaired) electrons. The number of alkyl halides is 3. The van der Waals surface area contributed by atoms with E-state index >= 15 is 0 Å². The van der Waals surface area contributed by atoms with Crippen LogP contribution in [0.3, 0.4) is 0 Å². The largest absolute Gasteiger partial charge is 0.417 e. The van der Waals surface area contributed by atoms with Crippen LogP contribution in [0.5, 0.6) is 0 Å². The summed E-state index contributed by atoms with van der Waals surface area (Å²) < 4.78 is 75.2. The molecule has 5 rings (SSSR count). The van der Waals surface area contributed by atoms with E-state index in [9.17, 15) is 32.3 Å². The number of hydrogen-bond donors (Lipinski definition) is 3. The third kappa shape index (κ3) is 21.2. The number of aromatic nitrogens is 2. The summed E-state index contributed by atoms with van der Waals surface area (Å²) in [6, 6.07) is 10.9. The van der Waals surface area contributed by atoms with E-state index < -0.39 is 28.5 Å². The highest BCUT2D eigenvalue weighted by molar-refractivity contribution is 7.17. The zero-order valence-electron chi connectivity index (χ0n) is 46.8. The number of carbonyl (C=O) groups is 4. The number of halogens is 4. The van der Waals surface area contributed by atoms with Gasteiger partial charge in [-0.25, -0.2) is 4.68 Å². The average Bonchev–Trinajstić information content (AvgIpc) is 4.21. The first-order chi connectivity index (χ1) is 38.4. The Labute approximate surface area is 476 Å². The molecule has 0 saturated carbocycles. The molecule has 0 spiro atoms. The smallest absolute Gasteiger partial charge is 0.394 e. The number of carbonyl (C=O) groups excluding carboxylic acids is 4. The van der Waals surface area contributed by atoms with Gasteiger partial charge >= 0.3 is 6.18 Å². The maximum Gasteiger partial charge on any atom is 0.417 e. The second-order valence-corrected chi connectivity index (χ2v) is 21.6. The minimum absolute atomic E-state index is 0.00549. The van der Waals surface area contributed by atoms with Crippen LogP contribution in [0.1, 0.15) is 108 Å². The van der Waals surface area contributed by atoms with Crippen LogP contribution in [-0.4, -0.2) is 190 Å². The van der Waals surface area contributed by atoms with Gasteiger partial charge in [-0.3, -0.25) is 24.1 Å². The number of hydrogen-bond acceptors (Lipinski definition) is 15. The zero-order chi connectivity index (χ0) is 58.1. The average molecular weight is 1170 g/mol. The fraction of sp³-hybridized carbons (Fsp3) is 0.596. The Balaban J connectivity index is 1.19. The highest BCUT2D eigenvalue weighted by Gasteiger charge is 2.35. The van der Waals surface area contributed by atoms with Crippen LogP contribution in [-0.2, 0) is 63.6 Å². The van der Waals surface area contributed by atoms with Crippen molar-refractivity contribution in [2.45, 2.75) is 91.4 Å². The van der Waals surface area contributed by atoms with Gasteiger partial charge in [0.2, 0.25) is 11.8 Å². The number of nitrogens with zero attached hydrogens (tertiary/aromatic N) is 5. The Morgan fingerprint density at radius 1 is 0.787 bits per heavy atom. The Bertz CT molecular complexity index is 2540. The molecule has 444 valence electrons. The molecule has 2 aromatic carbocycles. The second-order valence-electron chi connectivity index (χ2n) is 20.1. The summed E-state index contributed by atoms with van der Waals surface area (Å²) in [6.07, 6.45) is 1.81. The van der Waals surface area contributed by atoms with E-state index in [4.69, 9.17) is 50.2 Å². The Hall–Kier alpha value is -4.85. The van der Waals surface area contributed by atoms with Gasteiger partial charge in [0.15, 0.2) is 5.78 Å². The lowest BCUT2D eigenvalue weighted by atomic mass is 9.76. The van der Waals surface area contributed by atoms with Crippen molar-refractivity contribution in [2.75, 3.05) is 131 Å². The molecule has 0 aliphatic heterocycles. The molecular formula is C57H80ClF3N6O12S. The summed E-state index contributed by atoms with van der Waals surface area (Å²) >= 11 is 7.23. The normalized spacial score (nSPS) is 13.3. The van der Waals surface area contributed by atoms with Crippen LogP contribution in [0.2, 0.25) is 5.02 Å². The molecule has 3 amide bonds. The highest BCUT2D eigenvalue weighted by Crippen LogP contribution is 2.45. The van der Waals surface area contributed by atoms with Gasteiger partial charge in [0.05, 0.1) is 126 Å². The number of nitrogens with one attached hydrogen (secondary N) is 1. The number of ketones is 1. The van der Waals surface area contributed by atoms with Gasteiger partial charge in [-0.2, -0.15) is 18.3 Å². The van der Waals surface area contributed by atoms with Crippen LogP contribution < -0.4 is 5.32 Å². The van der Waals surface area contributed by atoms with Gasteiger partial charge in [-0.05, 0) is 79.0 Å². The first kappa shape index (κ1) is 66.0. The lowest BCUT2D eigenvalue weighted by molar-refractivity contribution is -0.137. The molecule has 18 nitrogen and oxygen atoms in total. The Morgan fingerprint density at radius 3 is 1.96 bits per heavy atom. The molecule has 0 saturated heterocycles. The van der Waals surface area contributed by atoms with E-state index in [1.54, 1.807) is 22.9 Å². The number of ether oxygens (including phenoxy) is 6. The second kappa shape index (κ2) is 33.9. The summed E-state index contributed by atoms with van der Waals surface area (Å²) in [7, 11) is 1.73. The van der Waals surface area contributed by atoms with Crippen molar-refractivity contribution in [2.24, 2.45) is 5.41 Å². The summed E-state index contributed by atoms with van der Waals surface area (Å²) in [6.45, 7) is 14.1. The Kier molecular flexibility index (Phi) is 28.0. The van der Waals surface area contributed by atoms with Crippen LogP contribution in [0.15, 0.2) is 54.9 Å². The van der Waals surface area contributed by atoms with E-state index in [-0.39, 0.29) is 100 Å². The quantitative estimate of drug-likeness (QED) is 0.0290. The predicted octanol–water partition coefficient (Wildman–Crippen LogP) is 7.75. The molecule has 4 aromatic rings. The monoisotopic (exact) mass is 1160 g/mol. The van der Waals surface area contributed by atoms with E-state index in [0.29, 0.717) is 101 Å². The van der Waals surface area contributed by atoms with Crippen LogP contribution in [0.25, 0.3) is 5.69 Å². The van der Waals surface area contributed by atoms with Gasteiger partial charge in [0, 0.05) is 75.3 Å². The van der Waals surface area contributed by atoms with Crippen molar-refractivity contribution < 1.29 is 71.0 Å². The minimum atomic E-state index is -4.69. The third-order valence-electron chi connectivity index (χ3n) is 13.7. The standard InChI is InChI=1S/C57H80ClF3N6O12S/c1-6-44(7-2)66(18-17-64(5)50(70)13-14-51(71)65(19-23-74-27-31-78-33-29-76-25-21-68)20-24-75-28-32-79-34-30-77-26-22-69)39-41-9-8-10-42(35-41)54(73)63-55-52(46-15-16-56(3,4)37-49(46)80-55)53(72)43-38-62-67(40-43)45-11-12-48(58)47(36-45)57(59,60)61/h8-12,35-36,38,40,44,68-69H,6-7,13-34,37,39H2,1-5H3,(H,63,73). The molecule has 1 aliphatic rings. The highest BCUT2D eigenvalue weighted by atomic mass is 35.5. The molecular weight excluding hydrogens is 1090 g/mol. The van der Waals surface area contributed by atoms with Crippen molar-refractivity contribution in [3.05, 3.63) is 98.1 Å². The first-order valence-electron chi connectivity index (χ1n) is 27.3. The number of thiophene rings is 1. The van der Waals surface area contributed by atoms with E-state index in [2.05, 4.69) is 43.0 Å². The maximum absolute atomic E-state index is 14.5. The zero-order valence-corrected chi connectivity index (χ0v) is 48.4. The molecule has 1 aliphatic carbocycles. The van der Waals surface area contributed by atoms with Gasteiger partial charge in [-0.15, -0.1) is 11.3 Å². The van der Waals surface area contributed by atoms with Crippen molar-refractivity contribution in [3.8, 4) is 5.69 Å². The number of rotatable bonds is 38. The minimum Gasteiger partial charge on any atom is -0.394 e. The van der Waals surface area contributed by atoms with Crippen LogP contribution in [0.4, 0.5) is 18.2 Å². The molecule has 80 heavy (non-hydrogen) atoms. The number of amides is 3. The van der Waals surface area contributed by atoms with Gasteiger partial charge < -0.3 is 53.8 Å². The molecule has 3 N–H and O–H groups in total. The van der Waals surface area contributed by atoms with Crippen molar-refractivity contribution in [1.82, 2.24) is 24.5 Å². The number of aliphatic hydroxyl groups is 2. The van der Waals surface area contributed by atoms with Gasteiger partial charge in [0.25, 0.3) is 5.91 Å². The van der Waals surface area contributed by atoms with Crippen molar-refractivity contribution in [3.63, 3.8) is 0 Å². The first-order valence-corrected chi connectivity index (χ1v) is 28.5. The number of aliphatic hydroxyl groups excluding tert-OH is 2. The number of benzene rings is 2. The summed E-state index contributed by atoms with van der Waals surface area (Å²) in [5.41, 5.74) is 1.61. The van der Waals surface area contributed by atoms with Gasteiger partial charge in [0.1, 0.15) is 5.00 Å². The SMILES string of the molecule is CCC(CC)N(CCN(C)C(=O)CCC(=O)N(CCOCCOCCOCCO)CCOCCOCCOCCO)Cc1cccc(C(=O)Nc2sc3c(c2C(=O)c2cnn(-c4ccc(Cl)c(C(F)(F)F)c4)c2)CCC(C)(C)C3)c1. The number of fused-ring (bicyclic) bond motifs is 1. The van der Waals surface area contributed by atoms with E-state index in [1.807, 2.05) is 18.2 Å². The molecule has 0 fully saturated rings. The van der Waals surface area contributed by atoms with Gasteiger partial charge in [-0.1, -0.05) is 51.4 Å². The van der Waals surface area contributed by atoms with Crippen LogP contribution >= 0.6 is 22.9 Å². The van der Waals surface area contributed by atoms with E-state index in [1.165, 1.54) is 34.5 Å². The lowest BCUT2D eigenvalue weighted by Gasteiger charge is -2.32. The topological polar surface area (TPSA) is 204 Å². The third-order valence-corrected chi connectivity index (χ3v) is 15.1. The molecule has 0 atom stereocenters. The molecule has 2 heterocycles. The lowest BCUT2D eigenvalue weighted by Crippen LogP contribution is -2.41. The molecule has 0 bridgehead atoms. The Morgan fingerprint density at radius 2 is 1.38 bits per heavy atom. The fourth-order valence-corrected chi connectivity index (χ4v) is 10.9. The number of likely N-dealkylation sites (N-methyl/N-ethyl adjacent to an activating group) is 1. The van der Waals surface area contributed by atoms with Crippen molar-refractivity contribution in [1.29, 1.82) is 0 Å². The van der Waals surface area contributed by atoms with Crippen LogP contribution in [0, 0.1) is 5.41 Å². The maximum atomic E-state index is 14.5. The summed E-state index contributed by atoms with van der Waals surface area (Å²) in [5.74, 6) is -1.21. The molecule has 23 heteroatoms. The predicted molar refractivity (Wildman–Crippen MR) is 299 cm³/mol. The molecule has 0 unspecified atom stereocenters. The summed E-state index contributed by atoms with van der Waals surface area (Å²) in [4.78, 5) is 62.4. The molecule has 2 aromatic heterocycles. The number of anilines is 1. The fourth-order valence-electron chi connectivity index (χ4n) is 9.14. The van der Waals surface area contributed by atoms with Crippen molar-refractivity contribution >= 4 is 51.4 Å².